The van der Waals surface area contributed by atoms with Crippen LogP contribution in [0.5, 0.6) is 5.88 Å². The Morgan fingerprint density at radius 3 is 3.25 bits per heavy atom. The summed E-state index contributed by atoms with van der Waals surface area (Å²) in [6.07, 6.45) is 0.162. The van der Waals surface area contributed by atoms with Gasteiger partial charge in [0.2, 0.25) is 5.88 Å². The Labute approximate surface area is 75.0 Å². The van der Waals surface area contributed by atoms with Gasteiger partial charge in [-0.3, -0.25) is 0 Å². The van der Waals surface area contributed by atoms with Gasteiger partial charge in [0.15, 0.2) is 0 Å². The van der Waals surface area contributed by atoms with Gasteiger partial charge >= 0.3 is 0 Å². The third-order valence-electron chi connectivity index (χ3n) is 1.84. The van der Waals surface area contributed by atoms with Gasteiger partial charge < -0.3 is 9.84 Å². The van der Waals surface area contributed by atoms with Crippen LogP contribution in [-0.4, -0.2) is 16.7 Å². The summed E-state index contributed by atoms with van der Waals surface area (Å²) in [6, 6.07) is 3.40. The highest BCUT2D eigenvalue weighted by molar-refractivity contribution is 6.29. The summed E-state index contributed by atoms with van der Waals surface area (Å²) in [5, 5.41) is 9.88. The highest BCUT2D eigenvalue weighted by Gasteiger charge is 2.20. The molecular weight excluding hydrogens is 178 g/mol. The molecule has 0 aromatic carbocycles. The van der Waals surface area contributed by atoms with Crippen LogP contribution in [0.1, 0.15) is 18.1 Å². The number of hydrogen-bond donors (Lipinski definition) is 1. The normalized spacial score (nSPS) is 21.3. The minimum absolute atomic E-state index is 0.392. The van der Waals surface area contributed by atoms with Crippen molar-refractivity contribution in [3.05, 3.63) is 22.8 Å². The fraction of sp³-hybridized carbons (Fsp3) is 0.375. The summed E-state index contributed by atoms with van der Waals surface area (Å²) >= 11 is 5.65. The lowest BCUT2D eigenvalue weighted by atomic mass is 10.1. The maximum Gasteiger partial charge on any atom is 0.220 e. The third-order valence-corrected chi connectivity index (χ3v) is 2.06. The molecule has 4 heteroatoms. The van der Waals surface area contributed by atoms with Crippen LogP contribution in [0.3, 0.4) is 0 Å². The second kappa shape index (κ2) is 2.92. The molecule has 1 aliphatic heterocycles. The molecule has 2 heterocycles. The zero-order valence-corrected chi connectivity index (χ0v) is 7.08. The van der Waals surface area contributed by atoms with Crippen LogP contribution in [0.4, 0.5) is 0 Å². The van der Waals surface area contributed by atoms with Gasteiger partial charge in [0.05, 0.1) is 12.7 Å². The molecule has 1 N–H and O–H groups in total. The molecule has 64 valence electrons. The van der Waals surface area contributed by atoms with E-state index in [1.165, 1.54) is 0 Å². The van der Waals surface area contributed by atoms with Crippen LogP contribution in [0.15, 0.2) is 12.1 Å². The number of fused-ring (bicyclic) bond motifs is 1. The number of rotatable bonds is 0. The zero-order chi connectivity index (χ0) is 8.55. The second-order valence-electron chi connectivity index (χ2n) is 2.68. The molecule has 0 unspecified atom stereocenters. The first-order valence-electron chi connectivity index (χ1n) is 3.74. The van der Waals surface area contributed by atoms with Crippen molar-refractivity contribution in [2.24, 2.45) is 0 Å². The minimum atomic E-state index is -0.460. The number of halogens is 1. The van der Waals surface area contributed by atoms with E-state index >= 15 is 0 Å². The first kappa shape index (κ1) is 7.83. The molecule has 1 atom stereocenters. The highest BCUT2D eigenvalue weighted by atomic mass is 35.5. The summed E-state index contributed by atoms with van der Waals surface area (Å²) in [5.74, 6) is 0.459. The minimum Gasteiger partial charge on any atom is -0.477 e. The Hall–Kier alpha value is -0.800. The molecule has 0 saturated heterocycles. The van der Waals surface area contributed by atoms with E-state index in [4.69, 9.17) is 16.3 Å². The maximum absolute atomic E-state index is 9.49. The molecule has 1 aliphatic rings. The van der Waals surface area contributed by atoms with Gasteiger partial charge in [-0.1, -0.05) is 11.6 Å². The number of pyridine rings is 1. The van der Waals surface area contributed by atoms with Crippen LogP contribution in [-0.2, 0) is 0 Å². The van der Waals surface area contributed by atoms with Crippen molar-refractivity contribution in [1.29, 1.82) is 0 Å². The van der Waals surface area contributed by atoms with Gasteiger partial charge in [-0.15, -0.1) is 0 Å². The number of ether oxygens (including phenoxy) is 1. The predicted molar refractivity (Wildman–Crippen MR) is 44.3 cm³/mol. The lowest BCUT2D eigenvalue weighted by Gasteiger charge is -2.20. The Morgan fingerprint density at radius 1 is 1.58 bits per heavy atom. The SMILES string of the molecule is O[C@H]1CCOc2nc(Cl)ccc21. The van der Waals surface area contributed by atoms with E-state index in [1.807, 2.05) is 0 Å². The summed E-state index contributed by atoms with van der Waals surface area (Å²) in [4.78, 5) is 3.95. The molecular formula is C8H8ClNO2. The van der Waals surface area contributed by atoms with E-state index in [9.17, 15) is 5.11 Å². The Bertz CT molecular complexity index is 303. The van der Waals surface area contributed by atoms with Crippen molar-refractivity contribution < 1.29 is 9.84 Å². The van der Waals surface area contributed by atoms with E-state index in [2.05, 4.69) is 4.98 Å². The molecule has 0 spiro atoms. The molecule has 12 heavy (non-hydrogen) atoms. The van der Waals surface area contributed by atoms with E-state index in [1.54, 1.807) is 12.1 Å². The number of aromatic nitrogens is 1. The standard InChI is InChI=1S/C8H8ClNO2/c9-7-2-1-5-6(11)3-4-12-8(5)10-7/h1-2,6,11H,3-4H2/t6-/m0/s1. The van der Waals surface area contributed by atoms with Gasteiger partial charge in [-0.25, -0.2) is 4.98 Å². The molecule has 0 saturated carbocycles. The first-order chi connectivity index (χ1) is 5.77. The van der Waals surface area contributed by atoms with Gasteiger partial charge in [0.25, 0.3) is 0 Å². The summed E-state index contributed by atoms with van der Waals surface area (Å²) in [5.41, 5.74) is 0.727. The summed E-state index contributed by atoms with van der Waals surface area (Å²) < 4.78 is 5.22. The average molecular weight is 186 g/mol. The Balaban J connectivity index is 2.46. The topological polar surface area (TPSA) is 42.4 Å². The third kappa shape index (κ3) is 1.26. The molecule has 2 rings (SSSR count). The number of nitrogens with zero attached hydrogens (tertiary/aromatic N) is 1. The van der Waals surface area contributed by atoms with Crippen molar-refractivity contribution in [1.82, 2.24) is 4.98 Å². The molecule has 1 aromatic rings. The molecule has 3 nitrogen and oxygen atoms in total. The second-order valence-corrected chi connectivity index (χ2v) is 3.07. The zero-order valence-electron chi connectivity index (χ0n) is 6.33. The van der Waals surface area contributed by atoms with Gasteiger partial charge in [-0.05, 0) is 12.1 Å². The first-order valence-corrected chi connectivity index (χ1v) is 4.12. The molecule has 0 aliphatic carbocycles. The van der Waals surface area contributed by atoms with Crippen molar-refractivity contribution in [2.45, 2.75) is 12.5 Å². The summed E-state index contributed by atoms with van der Waals surface area (Å²) in [6.45, 7) is 0.501. The predicted octanol–water partition coefficient (Wildman–Crippen LogP) is 1.55. The number of aliphatic hydroxyl groups excluding tert-OH is 1. The van der Waals surface area contributed by atoms with Crippen LogP contribution in [0.2, 0.25) is 5.15 Å². The Kier molecular flexibility index (Phi) is 1.90. The molecule has 0 fully saturated rings. The van der Waals surface area contributed by atoms with Crippen molar-refractivity contribution >= 4 is 11.6 Å². The fourth-order valence-corrected chi connectivity index (χ4v) is 1.36. The van der Waals surface area contributed by atoms with Crippen LogP contribution in [0, 0.1) is 0 Å². The highest BCUT2D eigenvalue weighted by Crippen LogP contribution is 2.30. The van der Waals surface area contributed by atoms with E-state index in [-0.39, 0.29) is 0 Å². The van der Waals surface area contributed by atoms with E-state index < -0.39 is 6.10 Å². The maximum atomic E-state index is 9.49. The smallest absolute Gasteiger partial charge is 0.220 e. The summed E-state index contributed by atoms with van der Waals surface area (Å²) in [7, 11) is 0. The van der Waals surface area contributed by atoms with Gasteiger partial charge in [0, 0.05) is 12.0 Å². The number of hydrogen-bond acceptors (Lipinski definition) is 3. The van der Waals surface area contributed by atoms with Crippen molar-refractivity contribution in [3.8, 4) is 5.88 Å². The van der Waals surface area contributed by atoms with E-state index in [0.717, 1.165) is 5.56 Å². The van der Waals surface area contributed by atoms with Crippen LogP contribution < -0.4 is 4.74 Å². The van der Waals surface area contributed by atoms with Crippen LogP contribution in [0.25, 0.3) is 0 Å². The Morgan fingerprint density at radius 2 is 2.42 bits per heavy atom. The fourth-order valence-electron chi connectivity index (χ4n) is 1.22. The monoisotopic (exact) mass is 185 g/mol. The number of aliphatic hydroxyl groups is 1. The molecule has 0 bridgehead atoms. The van der Waals surface area contributed by atoms with Gasteiger partial charge in [0.1, 0.15) is 5.15 Å². The molecule has 0 amide bonds. The van der Waals surface area contributed by atoms with Crippen LogP contribution >= 0.6 is 11.6 Å². The van der Waals surface area contributed by atoms with Gasteiger partial charge in [-0.2, -0.15) is 0 Å². The van der Waals surface area contributed by atoms with E-state index in [0.29, 0.717) is 24.1 Å². The molecule has 1 aromatic heterocycles. The lowest BCUT2D eigenvalue weighted by Crippen LogP contribution is -2.14. The van der Waals surface area contributed by atoms with Crippen molar-refractivity contribution in [3.63, 3.8) is 0 Å². The largest absolute Gasteiger partial charge is 0.477 e. The lowest BCUT2D eigenvalue weighted by molar-refractivity contribution is 0.112. The quantitative estimate of drug-likeness (QED) is 0.624. The molecule has 0 radical (unpaired) electrons. The van der Waals surface area contributed by atoms with Crippen molar-refractivity contribution in [2.75, 3.05) is 6.61 Å². The average Bonchev–Trinajstić information content (AvgIpc) is 2.04.